The van der Waals surface area contributed by atoms with Gasteiger partial charge in [-0.1, -0.05) is 6.07 Å². The fourth-order valence-corrected chi connectivity index (χ4v) is 6.70. The molecule has 6 rings (SSSR count). The Bertz CT molecular complexity index is 1480. The van der Waals surface area contributed by atoms with E-state index in [0.717, 1.165) is 48.6 Å². The minimum absolute atomic E-state index is 0.577. The number of aromatic nitrogens is 2. The number of methoxy groups -OCH3 is 1. The van der Waals surface area contributed by atoms with Crippen LogP contribution < -0.4 is 9.64 Å². The maximum atomic E-state index is 9.39. The zero-order valence-corrected chi connectivity index (χ0v) is 22.1. The lowest BCUT2D eigenvalue weighted by Gasteiger charge is -2.43. The summed E-state index contributed by atoms with van der Waals surface area (Å²) in [5.41, 5.74) is 6.81. The van der Waals surface area contributed by atoms with E-state index < -0.39 is 0 Å². The molecule has 2 aromatic heterocycles. The van der Waals surface area contributed by atoms with Gasteiger partial charge < -0.3 is 14.2 Å². The van der Waals surface area contributed by atoms with Gasteiger partial charge in [0.25, 0.3) is 0 Å². The molecule has 0 spiro atoms. The number of hydrogen-bond donors (Lipinski definition) is 0. The Morgan fingerprint density at radius 2 is 1.78 bits per heavy atom. The molecule has 6 heteroatoms. The lowest BCUT2D eigenvalue weighted by atomic mass is 9.81. The maximum Gasteiger partial charge on any atom is 0.124 e. The first kappa shape index (κ1) is 23.8. The summed E-state index contributed by atoms with van der Waals surface area (Å²) in [6, 6.07) is 15.4. The molecule has 4 aromatic rings. The Balaban J connectivity index is 1.13. The standard InChI is InChI=1S/C31H35N5O/c1-21-25-5-4-12-33-31(25)29(18-30(21)37-3)36-15-13-35(14-16-36)24-9-7-23(8-10-24)27-20-34(2)28-11-6-22(19-32)17-26(27)28/h4-6,11-12,17-18,20,23-24H,7-10,13-16H2,1-3H3. The normalized spacial score (nSPS) is 20.9. The van der Waals surface area contributed by atoms with Crippen LogP contribution in [0.2, 0.25) is 0 Å². The topological polar surface area (TPSA) is 57.3 Å². The lowest BCUT2D eigenvalue weighted by molar-refractivity contribution is 0.141. The van der Waals surface area contributed by atoms with E-state index in [0.29, 0.717) is 12.0 Å². The monoisotopic (exact) mass is 493 g/mol. The van der Waals surface area contributed by atoms with Gasteiger partial charge in [-0.3, -0.25) is 9.88 Å². The molecule has 2 fully saturated rings. The van der Waals surface area contributed by atoms with E-state index in [-0.39, 0.29) is 0 Å². The first-order valence-corrected chi connectivity index (χ1v) is 13.5. The fourth-order valence-electron chi connectivity index (χ4n) is 6.70. The van der Waals surface area contributed by atoms with E-state index in [1.54, 1.807) is 7.11 Å². The highest BCUT2D eigenvalue weighted by molar-refractivity contribution is 5.95. The van der Waals surface area contributed by atoms with Crippen LogP contribution in [0.25, 0.3) is 21.8 Å². The van der Waals surface area contributed by atoms with Crippen molar-refractivity contribution in [3.63, 3.8) is 0 Å². The van der Waals surface area contributed by atoms with Crippen LogP contribution in [0.4, 0.5) is 5.69 Å². The minimum atomic E-state index is 0.577. The van der Waals surface area contributed by atoms with Gasteiger partial charge in [0, 0.05) is 79.6 Å². The molecule has 1 aliphatic carbocycles. The molecule has 0 unspecified atom stereocenters. The number of fused-ring (bicyclic) bond motifs is 2. The Kier molecular flexibility index (Phi) is 6.26. The van der Waals surface area contributed by atoms with Crippen LogP contribution in [0, 0.1) is 18.3 Å². The van der Waals surface area contributed by atoms with E-state index in [1.165, 1.54) is 53.2 Å². The first-order chi connectivity index (χ1) is 18.1. The predicted molar refractivity (Wildman–Crippen MR) is 149 cm³/mol. The third kappa shape index (κ3) is 4.22. The van der Waals surface area contributed by atoms with Gasteiger partial charge in [0.15, 0.2) is 0 Å². The van der Waals surface area contributed by atoms with Gasteiger partial charge in [0.1, 0.15) is 5.75 Å². The van der Waals surface area contributed by atoms with Crippen molar-refractivity contribution < 1.29 is 4.74 Å². The van der Waals surface area contributed by atoms with E-state index in [9.17, 15) is 5.26 Å². The van der Waals surface area contributed by atoms with Gasteiger partial charge in [-0.2, -0.15) is 5.26 Å². The number of benzene rings is 2. The first-order valence-electron chi connectivity index (χ1n) is 13.5. The largest absolute Gasteiger partial charge is 0.496 e. The molecule has 1 saturated heterocycles. The summed E-state index contributed by atoms with van der Waals surface area (Å²) < 4.78 is 7.92. The number of aryl methyl sites for hydroxylation is 2. The molecular formula is C31H35N5O. The number of rotatable bonds is 4. The average Bonchev–Trinajstić information content (AvgIpc) is 3.29. The van der Waals surface area contributed by atoms with Crippen LogP contribution >= 0.6 is 0 Å². The summed E-state index contributed by atoms with van der Waals surface area (Å²) in [6.45, 7) is 6.30. The van der Waals surface area contributed by atoms with Gasteiger partial charge in [-0.15, -0.1) is 0 Å². The van der Waals surface area contributed by atoms with Gasteiger partial charge in [0.2, 0.25) is 0 Å². The molecule has 0 bridgehead atoms. The van der Waals surface area contributed by atoms with E-state index in [1.807, 2.05) is 18.3 Å². The third-order valence-electron chi connectivity index (χ3n) is 8.77. The Hall–Kier alpha value is -3.56. The highest BCUT2D eigenvalue weighted by atomic mass is 16.5. The molecular weight excluding hydrogens is 458 g/mol. The van der Waals surface area contributed by atoms with Gasteiger partial charge in [0.05, 0.1) is 29.9 Å². The van der Waals surface area contributed by atoms with Crippen molar-refractivity contribution in [3.05, 3.63) is 65.5 Å². The van der Waals surface area contributed by atoms with E-state index in [4.69, 9.17) is 9.72 Å². The highest BCUT2D eigenvalue weighted by Crippen LogP contribution is 2.40. The van der Waals surface area contributed by atoms with Crippen molar-refractivity contribution >= 4 is 27.5 Å². The van der Waals surface area contributed by atoms with Crippen molar-refractivity contribution in [2.75, 3.05) is 38.2 Å². The molecule has 2 aromatic carbocycles. The molecule has 0 atom stereocenters. The second-order valence-corrected chi connectivity index (χ2v) is 10.7. The molecule has 37 heavy (non-hydrogen) atoms. The number of anilines is 1. The number of hydrogen-bond acceptors (Lipinski definition) is 5. The molecule has 3 heterocycles. The van der Waals surface area contributed by atoms with Gasteiger partial charge in [-0.25, -0.2) is 0 Å². The summed E-state index contributed by atoms with van der Waals surface area (Å²) >= 11 is 0. The molecule has 0 radical (unpaired) electrons. The van der Waals surface area contributed by atoms with Gasteiger partial charge in [-0.05, 0) is 68.4 Å². The number of nitriles is 1. The predicted octanol–water partition coefficient (Wildman–Crippen LogP) is 5.76. The quantitative estimate of drug-likeness (QED) is 0.362. The van der Waals surface area contributed by atoms with Crippen molar-refractivity contribution in [2.45, 2.75) is 44.6 Å². The van der Waals surface area contributed by atoms with Crippen molar-refractivity contribution in [3.8, 4) is 11.8 Å². The van der Waals surface area contributed by atoms with Crippen LogP contribution in [0.1, 0.15) is 48.3 Å². The molecule has 1 aliphatic heterocycles. The SMILES string of the molecule is COc1cc(N2CCN(C3CCC(c4cn(C)c5ccc(C#N)cc45)CC3)CC2)c2ncccc2c1C. The smallest absolute Gasteiger partial charge is 0.124 e. The average molecular weight is 494 g/mol. The molecule has 0 amide bonds. The Morgan fingerprint density at radius 1 is 1.00 bits per heavy atom. The highest BCUT2D eigenvalue weighted by Gasteiger charge is 2.31. The lowest BCUT2D eigenvalue weighted by Crippen LogP contribution is -2.51. The summed E-state index contributed by atoms with van der Waals surface area (Å²) in [5, 5.41) is 11.8. The summed E-state index contributed by atoms with van der Waals surface area (Å²) in [6.07, 6.45) is 9.09. The number of ether oxygens (including phenoxy) is 1. The number of piperazine rings is 1. The number of nitrogens with zero attached hydrogens (tertiary/aromatic N) is 5. The summed E-state index contributed by atoms with van der Waals surface area (Å²) in [7, 11) is 3.87. The molecule has 1 saturated carbocycles. The minimum Gasteiger partial charge on any atom is -0.496 e. The van der Waals surface area contributed by atoms with Gasteiger partial charge >= 0.3 is 0 Å². The van der Waals surface area contributed by atoms with Crippen molar-refractivity contribution in [2.24, 2.45) is 7.05 Å². The van der Waals surface area contributed by atoms with E-state index >= 15 is 0 Å². The molecule has 0 N–H and O–H groups in total. The zero-order chi connectivity index (χ0) is 25.5. The number of pyridine rings is 1. The summed E-state index contributed by atoms with van der Waals surface area (Å²) in [5.74, 6) is 1.51. The van der Waals surface area contributed by atoms with Crippen LogP contribution in [-0.4, -0.2) is 53.8 Å². The molecule has 6 nitrogen and oxygen atoms in total. The third-order valence-corrected chi connectivity index (χ3v) is 8.77. The molecule has 2 aliphatic rings. The maximum absolute atomic E-state index is 9.39. The Morgan fingerprint density at radius 3 is 2.51 bits per heavy atom. The van der Waals surface area contributed by atoms with E-state index in [2.05, 4.69) is 64.9 Å². The van der Waals surface area contributed by atoms with Crippen LogP contribution in [0.3, 0.4) is 0 Å². The molecule has 190 valence electrons. The van der Waals surface area contributed by atoms with Crippen LogP contribution in [-0.2, 0) is 7.05 Å². The summed E-state index contributed by atoms with van der Waals surface area (Å²) in [4.78, 5) is 9.94. The van der Waals surface area contributed by atoms with Crippen LogP contribution in [0.15, 0.2) is 48.8 Å². The Labute approximate surface area is 219 Å². The van der Waals surface area contributed by atoms with Crippen molar-refractivity contribution in [1.29, 1.82) is 5.26 Å². The second kappa shape index (κ2) is 9.72. The van der Waals surface area contributed by atoms with Crippen LogP contribution in [0.5, 0.6) is 5.75 Å². The second-order valence-electron chi connectivity index (χ2n) is 10.7. The van der Waals surface area contributed by atoms with Crippen molar-refractivity contribution in [1.82, 2.24) is 14.5 Å². The fraction of sp³-hybridized carbons (Fsp3) is 0.419. The zero-order valence-electron chi connectivity index (χ0n) is 22.1.